The molecule has 0 aliphatic heterocycles. The Labute approximate surface area is 150 Å². The molecule has 0 aliphatic carbocycles. The van der Waals surface area contributed by atoms with Crippen LogP contribution in [-0.2, 0) is 6.54 Å². The van der Waals surface area contributed by atoms with E-state index >= 15 is 0 Å². The average Bonchev–Trinajstić information content (AvgIpc) is 3.15. The molecule has 8 heteroatoms. The Morgan fingerprint density at radius 2 is 1.88 bits per heavy atom. The fourth-order valence-corrected chi connectivity index (χ4v) is 2.98. The van der Waals surface area contributed by atoms with Gasteiger partial charge < -0.3 is 14.7 Å². The lowest BCUT2D eigenvalue weighted by molar-refractivity contribution is -0.394. The molecule has 0 fully saturated rings. The molecule has 2 aromatic heterocycles. The molecular formula is C18H19N5O3. The number of aromatic nitrogens is 4. The highest BCUT2D eigenvalue weighted by atomic mass is 16.6. The highest BCUT2D eigenvalue weighted by molar-refractivity contribution is 5.97. The molecule has 0 radical (unpaired) electrons. The average molecular weight is 353 g/mol. The predicted molar refractivity (Wildman–Crippen MR) is 95.7 cm³/mol. The van der Waals surface area contributed by atoms with Crippen LogP contribution in [0.5, 0.6) is 0 Å². The van der Waals surface area contributed by atoms with E-state index < -0.39 is 10.9 Å². The third-order valence-electron chi connectivity index (χ3n) is 4.47. The second-order valence-corrected chi connectivity index (χ2v) is 6.31. The number of hydrogen-bond acceptors (Lipinski definition) is 5. The van der Waals surface area contributed by atoms with Crippen molar-refractivity contribution in [1.29, 1.82) is 0 Å². The van der Waals surface area contributed by atoms with Crippen LogP contribution in [0.15, 0.2) is 30.6 Å². The molecule has 0 amide bonds. The Morgan fingerprint density at radius 1 is 1.15 bits per heavy atom. The first-order valence-electron chi connectivity index (χ1n) is 8.11. The number of hydrogen-bond donors (Lipinski definition) is 0. The molecule has 0 spiro atoms. The first kappa shape index (κ1) is 17.5. The second-order valence-electron chi connectivity index (χ2n) is 6.31. The first-order valence-corrected chi connectivity index (χ1v) is 8.11. The summed E-state index contributed by atoms with van der Waals surface area (Å²) in [4.78, 5) is 26.2. The smallest absolute Gasteiger partial charge is 0.390 e. The third-order valence-corrected chi connectivity index (χ3v) is 4.47. The number of Topliss-reactive ketones (excluding diaryl/α,β-unsaturated/α-hetero) is 1. The maximum atomic E-state index is 12.7. The number of nitro groups is 1. The molecule has 8 nitrogen and oxygen atoms in total. The van der Waals surface area contributed by atoms with Gasteiger partial charge in [-0.3, -0.25) is 4.79 Å². The van der Waals surface area contributed by atoms with E-state index in [1.54, 1.807) is 0 Å². The van der Waals surface area contributed by atoms with Gasteiger partial charge >= 0.3 is 5.95 Å². The molecule has 0 bridgehead atoms. The molecule has 0 unspecified atom stereocenters. The van der Waals surface area contributed by atoms with Crippen LogP contribution >= 0.6 is 0 Å². The zero-order valence-corrected chi connectivity index (χ0v) is 15.1. The Morgan fingerprint density at radius 3 is 2.50 bits per heavy atom. The van der Waals surface area contributed by atoms with Crippen molar-refractivity contribution in [3.63, 3.8) is 0 Å². The van der Waals surface area contributed by atoms with Gasteiger partial charge in [0.05, 0.1) is 0 Å². The van der Waals surface area contributed by atoms with Crippen LogP contribution in [0.25, 0.3) is 5.69 Å². The maximum Gasteiger partial charge on any atom is 0.490 e. The number of benzene rings is 1. The lowest BCUT2D eigenvalue weighted by atomic mass is 10.1. The standard InChI is InChI=1S/C18H19N5O3/c1-11-5-6-15(7-12(11)2)22-13(3)8-16(14(22)4)17(24)9-21-10-19-18(20-21)23(25)26/h5-8,10H,9H2,1-4H3. The van der Waals surface area contributed by atoms with Gasteiger partial charge in [-0.05, 0) is 61.9 Å². The van der Waals surface area contributed by atoms with E-state index in [1.165, 1.54) is 22.1 Å². The number of nitrogens with zero attached hydrogens (tertiary/aromatic N) is 5. The largest absolute Gasteiger partial charge is 0.490 e. The number of rotatable bonds is 5. The minimum Gasteiger partial charge on any atom is -0.390 e. The second kappa shape index (κ2) is 6.55. The molecule has 3 aromatic rings. The van der Waals surface area contributed by atoms with Crippen LogP contribution < -0.4 is 0 Å². The van der Waals surface area contributed by atoms with Crippen molar-refractivity contribution in [2.75, 3.05) is 0 Å². The van der Waals surface area contributed by atoms with E-state index in [-0.39, 0.29) is 12.3 Å². The molecular weight excluding hydrogens is 334 g/mol. The van der Waals surface area contributed by atoms with Gasteiger partial charge in [0.15, 0.2) is 5.78 Å². The van der Waals surface area contributed by atoms with Crippen molar-refractivity contribution in [1.82, 2.24) is 19.3 Å². The highest BCUT2D eigenvalue weighted by Crippen LogP contribution is 2.23. The first-order chi connectivity index (χ1) is 12.3. The summed E-state index contributed by atoms with van der Waals surface area (Å²) in [5.41, 5.74) is 5.72. The van der Waals surface area contributed by atoms with Crippen LogP contribution in [0.2, 0.25) is 0 Å². The number of ketones is 1. The van der Waals surface area contributed by atoms with E-state index in [2.05, 4.69) is 36.1 Å². The number of carbonyl (C=O) groups is 1. The van der Waals surface area contributed by atoms with Crippen LogP contribution in [0.1, 0.15) is 32.9 Å². The normalized spacial score (nSPS) is 10.9. The fraction of sp³-hybridized carbons (Fsp3) is 0.278. The van der Waals surface area contributed by atoms with Crippen LogP contribution in [-0.4, -0.2) is 30.0 Å². The molecule has 3 rings (SSSR count). The maximum absolute atomic E-state index is 12.7. The van der Waals surface area contributed by atoms with Crippen molar-refractivity contribution in [3.05, 3.63) is 68.8 Å². The van der Waals surface area contributed by atoms with Gasteiger partial charge in [-0.15, -0.1) is 0 Å². The van der Waals surface area contributed by atoms with Gasteiger partial charge in [-0.25, -0.2) is 0 Å². The summed E-state index contributed by atoms with van der Waals surface area (Å²) in [5.74, 6) is -0.689. The fourth-order valence-electron chi connectivity index (χ4n) is 2.98. The zero-order chi connectivity index (χ0) is 19.0. The summed E-state index contributed by atoms with van der Waals surface area (Å²) >= 11 is 0. The van der Waals surface area contributed by atoms with Crippen molar-refractivity contribution in [3.8, 4) is 5.69 Å². The Balaban J connectivity index is 1.92. The summed E-state index contributed by atoms with van der Waals surface area (Å²) in [6.45, 7) is 7.84. The highest BCUT2D eigenvalue weighted by Gasteiger charge is 2.20. The minimum absolute atomic E-state index is 0.0991. The van der Waals surface area contributed by atoms with Gasteiger partial charge in [-0.1, -0.05) is 11.1 Å². The molecule has 1 aromatic carbocycles. The predicted octanol–water partition coefficient (Wildman–Crippen LogP) is 3.09. The Bertz CT molecular complexity index is 1020. The van der Waals surface area contributed by atoms with Crippen LogP contribution in [0.4, 0.5) is 5.95 Å². The van der Waals surface area contributed by atoms with Crippen molar-refractivity contribution >= 4 is 11.7 Å². The van der Waals surface area contributed by atoms with Gasteiger partial charge in [0.1, 0.15) is 6.54 Å². The van der Waals surface area contributed by atoms with Crippen LogP contribution in [0.3, 0.4) is 0 Å². The lowest BCUT2D eigenvalue weighted by Gasteiger charge is -2.12. The van der Waals surface area contributed by atoms with Crippen molar-refractivity contribution < 1.29 is 9.72 Å². The van der Waals surface area contributed by atoms with E-state index in [1.807, 2.05) is 30.5 Å². The van der Waals surface area contributed by atoms with E-state index in [9.17, 15) is 14.9 Å². The van der Waals surface area contributed by atoms with Gasteiger partial charge in [0, 0.05) is 27.7 Å². The van der Waals surface area contributed by atoms with Gasteiger partial charge in [0.2, 0.25) is 6.33 Å². The zero-order valence-electron chi connectivity index (χ0n) is 15.1. The van der Waals surface area contributed by atoms with E-state index in [0.29, 0.717) is 5.56 Å². The quantitative estimate of drug-likeness (QED) is 0.399. The lowest BCUT2D eigenvalue weighted by Crippen LogP contribution is -2.12. The molecule has 0 aliphatic rings. The SMILES string of the molecule is Cc1ccc(-n2c(C)cc(C(=O)Cn3cnc([N+](=O)[O-])n3)c2C)cc1C. The monoisotopic (exact) mass is 353 g/mol. The molecule has 0 atom stereocenters. The molecule has 0 N–H and O–H groups in total. The van der Waals surface area contributed by atoms with Crippen molar-refractivity contribution in [2.24, 2.45) is 0 Å². The Hall–Kier alpha value is -3.29. The van der Waals surface area contributed by atoms with Crippen molar-refractivity contribution in [2.45, 2.75) is 34.2 Å². The molecule has 2 heterocycles. The van der Waals surface area contributed by atoms with Crippen LogP contribution in [0, 0.1) is 37.8 Å². The minimum atomic E-state index is -0.688. The van der Waals surface area contributed by atoms with E-state index in [4.69, 9.17) is 0 Å². The number of aryl methyl sites for hydroxylation is 3. The summed E-state index contributed by atoms with van der Waals surface area (Å²) in [6, 6.07) is 8.00. The summed E-state index contributed by atoms with van der Waals surface area (Å²) < 4.78 is 3.21. The molecule has 0 saturated heterocycles. The molecule has 26 heavy (non-hydrogen) atoms. The third kappa shape index (κ3) is 3.13. The number of carbonyl (C=O) groups excluding carboxylic acids is 1. The van der Waals surface area contributed by atoms with Gasteiger partial charge in [0.25, 0.3) is 0 Å². The van der Waals surface area contributed by atoms with Gasteiger partial charge in [-0.2, -0.15) is 4.68 Å². The topological polar surface area (TPSA) is 95.8 Å². The molecule has 0 saturated carbocycles. The molecule has 134 valence electrons. The summed E-state index contributed by atoms with van der Waals surface area (Å²) in [7, 11) is 0. The van der Waals surface area contributed by atoms with E-state index in [0.717, 1.165) is 17.1 Å². The summed E-state index contributed by atoms with van der Waals surface area (Å²) in [6.07, 6.45) is 1.19. The Kier molecular flexibility index (Phi) is 4.41. The summed E-state index contributed by atoms with van der Waals surface area (Å²) in [5, 5.41) is 14.4.